The molecule has 3 nitrogen and oxygen atoms in total. The second kappa shape index (κ2) is 16.4. The quantitative estimate of drug-likeness (QED) is 0.164. The van der Waals surface area contributed by atoms with E-state index in [1.807, 2.05) is 0 Å². The minimum Gasteiger partial charge on any atom is -0.444 e. The Kier molecular flexibility index (Phi) is 11.0. The lowest BCUT2D eigenvalue weighted by atomic mass is 9.32. The van der Waals surface area contributed by atoms with E-state index >= 15 is 0 Å². The standard InChI is InChI=1S/C72H85BN2O/c1-65(2,3)47-25-28-49(29-26-47)74-58-39-46(45-24-30-51-52(38-45)68(9,10)33-32-67(51,7)8)40-59-61(58)73(62-60-63(76-64(62)74)72(17,18)37-36-71(60,15)16)55-42-53-54(70(13,14)35-34-69(53,11)12)43-57(55)75(59)56-31-27-48(66(4,5)6)41-50(56)44-22-20-19-21-23-44/h19-31,38-43H,32-37H2,1-18H3. The molecular weight excluding hydrogens is 920 g/mol. The highest BCUT2D eigenvalue weighted by Gasteiger charge is 2.54. The van der Waals surface area contributed by atoms with Crippen molar-refractivity contribution < 1.29 is 4.42 Å². The lowest BCUT2D eigenvalue weighted by molar-refractivity contribution is 0.280. The van der Waals surface area contributed by atoms with Crippen LogP contribution in [0.1, 0.15) is 208 Å². The van der Waals surface area contributed by atoms with Gasteiger partial charge in [0.15, 0.2) is 5.88 Å². The SMILES string of the molecule is CC(C)(C)c1ccc(N2c3cc(-c4ccc5c(c4)C(C)(C)CCC5(C)C)cc4c3B(c3cc5c(cc3N4c3ccc(C(C)(C)C)cc3-c3ccccc3)C(C)(C)CCC5(C)C)c3c2oc2c3C(C)(C)CCC2(C)C)cc1. The van der Waals surface area contributed by atoms with E-state index in [1.54, 1.807) is 0 Å². The third-order valence-electron chi connectivity index (χ3n) is 19.9. The van der Waals surface area contributed by atoms with E-state index in [4.69, 9.17) is 4.42 Å². The van der Waals surface area contributed by atoms with Gasteiger partial charge in [0.25, 0.3) is 6.71 Å². The number of fused-ring (bicyclic) bond motifs is 8. The first-order valence-corrected chi connectivity index (χ1v) is 29.0. The van der Waals surface area contributed by atoms with Crippen LogP contribution in [0.4, 0.5) is 34.3 Å². The van der Waals surface area contributed by atoms with Gasteiger partial charge in [-0.15, -0.1) is 0 Å². The molecule has 0 spiro atoms. The molecule has 3 heterocycles. The average molecular weight is 1010 g/mol. The van der Waals surface area contributed by atoms with E-state index in [0.29, 0.717) is 0 Å². The lowest BCUT2D eigenvalue weighted by Crippen LogP contribution is -2.63. The number of benzene rings is 6. The maximum Gasteiger partial charge on any atom is 0.256 e. The van der Waals surface area contributed by atoms with Gasteiger partial charge in [-0.25, -0.2) is 0 Å². The molecule has 2 aliphatic heterocycles. The third kappa shape index (κ3) is 7.78. The Labute approximate surface area is 458 Å². The van der Waals surface area contributed by atoms with Gasteiger partial charge in [0, 0.05) is 33.7 Å². The van der Waals surface area contributed by atoms with E-state index in [0.717, 1.165) is 43.0 Å². The Morgan fingerprint density at radius 1 is 0.408 bits per heavy atom. The number of rotatable bonds is 4. The highest BCUT2D eigenvalue weighted by atomic mass is 16.4. The predicted octanol–water partition coefficient (Wildman–Crippen LogP) is 18.3. The molecule has 0 unspecified atom stereocenters. The van der Waals surface area contributed by atoms with Crippen LogP contribution >= 0.6 is 0 Å². The van der Waals surface area contributed by atoms with Crippen LogP contribution in [-0.2, 0) is 43.3 Å². The largest absolute Gasteiger partial charge is 0.444 e. The molecular formula is C72H85BN2O. The summed E-state index contributed by atoms with van der Waals surface area (Å²) in [7, 11) is 0. The van der Waals surface area contributed by atoms with Gasteiger partial charge in [0.2, 0.25) is 0 Å². The molecule has 0 amide bonds. The van der Waals surface area contributed by atoms with E-state index < -0.39 is 0 Å². The van der Waals surface area contributed by atoms with Crippen molar-refractivity contribution in [2.45, 2.75) is 206 Å². The Balaban J connectivity index is 1.27. The molecule has 0 fully saturated rings. The number of hydrogen-bond acceptors (Lipinski definition) is 3. The smallest absolute Gasteiger partial charge is 0.256 e. The summed E-state index contributed by atoms with van der Waals surface area (Å²) >= 11 is 0. The van der Waals surface area contributed by atoms with Gasteiger partial charge in [0.05, 0.1) is 5.69 Å². The van der Waals surface area contributed by atoms with Gasteiger partial charge in [-0.1, -0.05) is 197 Å². The van der Waals surface area contributed by atoms with Gasteiger partial charge in [-0.3, -0.25) is 4.90 Å². The maximum atomic E-state index is 7.81. The number of furan rings is 1. The molecule has 6 aromatic carbocycles. The normalized spacial score (nSPS) is 19.9. The molecule has 1 aromatic heterocycles. The van der Waals surface area contributed by atoms with Gasteiger partial charge < -0.3 is 9.32 Å². The summed E-state index contributed by atoms with van der Waals surface area (Å²) < 4.78 is 7.81. The fourth-order valence-corrected chi connectivity index (χ4v) is 14.5. The molecule has 3 aliphatic carbocycles. The summed E-state index contributed by atoms with van der Waals surface area (Å²) in [5.41, 5.74) is 25.0. The molecule has 392 valence electrons. The number of hydrogen-bond donors (Lipinski definition) is 0. The Morgan fingerprint density at radius 2 is 0.934 bits per heavy atom. The molecule has 0 N–H and O–H groups in total. The molecule has 7 aromatic rings. The second-order valence-electron chi connectivity index (χ2n) is 30.2. The fourth-order valence-electron chi connectivity index (χ4n) is 14.5. The van der Waals surface area contributed by atoms with Crippen LogP contribution in [0.25, 0.3) is 22.3 Å². The highest BCUT2D eigenvalue weighted by Crippen LogP contribution is 2.56. The highest BCUT2D eigenvalue weighted by molar-refractivity contribution is 7.00. The summed E-state index contributed by atoms with van der Waals surface area (Å²) in [6, 6.07) is 46.1. The maximum absolute atomic E-state index is 7.81. The van der Waals surface area contributed by atoms with Gasteiger partial charge >= 0.3 is 0 Å². The summed E-state index contributed by atoms with van der Waals surface area (Å²) in [4.78, 5) is 5.30. The lowest BCUT2D eigenvalue weighted by Gasteiger charge is -2.47. The van der Waals surface area contributed by atoms with Crippen LogP contribution in [-0.4, -0.2) is 6.71 Å². The van der Waals surface area contributed by atoms with Crippen molar-refractivity contribution in [3.63, 3.8) is 0 Å². The summed E-state index contributed by atoms with van der Waals surface area (Å²) in [6.45, 7) is 43.6. The van der Waals surface area contributed by atoms with Gasteiger partial charge in [-0.2, -0.15) is 0 Å². The molecule has 0 bridgehead atoms. The van der Waals surface area contributed by atoms with E-state index in [-0.39, 0.29) is 50.0 Å². The molecule has 5 aliphatic rings. The number of anilines is 6. The zero-order chi connectivity index (χ0) is 54.2. The summed E-state index contributed by atoms with van der Waals surface area (Å²) in [5, 5.41) is 0. The van der Waals surface area contributed by atoms with Crippen LogP contribution in [0.15, 0.2) is 120 Å². The van der Waals surface area contributed by atoms with Crippen LogP contribution in [0.5, 0.6) is 0 Å². The van der Waals surface area contributed by atoms with Crippen LogP contribution < -0.4 is 26.2 Å². The third-order valence-corrected chi connectivity index (χ3v) is 19.9. The van der Waals surface area contributed by atoms with Crippen LogP contribution in [0.2, 0.25) is 0 Å². The van der Waals surface area contributed by atoms with E-state index in [2.05, 4.69) is 250 Å². The van der Waals surface area contributed by atoms with Crippen LogP contribution in [0.3, 0.4) is 0 Å². The summed E-state index contributed by atoms with van der Waals surface area (Å²) in [5.74, 6) is 2.15. The zero-order valence-electron chi connectivity index (χ0n) is 49.6. The van der Waals surface area contributed by atoms with Crippen LogP contribution in [0, 0.1) is 0 Å². The summed E-state index contributed by atoms with van der Waals surface area (Å²) in [6.07, 6.45) is 6.82. The van der Waals surface area contributed by atoms with E-state index in [9.17, 15) is 0 Å². The van der Waals surface area contributed by atoms with Crippen molar-refractivity contribution in [1.29, 1.82) is 0 Å². The Hall–Kier alpha value is -5.74. The topological polar surface area (TPSA) is 19.6 Å². The molecule has 76 heavy (non-hydrogen) atoms. The van der Waals surface area contributed by atoms with Crippen molar-refractivity contribution in [3.05, 3.63) is 160 Å². The number of nitrogens with zero attached hydrogens (tertiary/aromatic N) is 2. The average Bonchev–Trinajstić information content (AvgIpc) is 3.95. The molecule has 4 heteroatoms. The second-order valence-corrected chi connectivity index (χ2v) is 30.2. The zero-order valence-corrected chi connectivity index (χ0v) is 49.6. The fraction of sp³-hybridized carbons (Fsp3) is 0.444. The first-order valence-electron chi connectivity index (χ1n) is 29.0. The van der Waals surface area contributed by atoms with E-state index in [1.165, 1.54) is 113 Å². The Morgan fingerprint density at radius 3 is 1.54 bits per heavy atom. The molecule has 0 atom stereocenters. The molecule has 0 saturated carbocycles. The first kappa shape index (κ1) is 51.0. The van der Waals surface area contributed by atoms with Gasteiger partial charge in [-0.05, 0) is 191 Å². The minimum absolute atomic E-state index is 0.00450. The first-order chi connectivity index (χ1) is 35.4. The van der Waals surface area contributed by atoms with Crippen molar-refractivity contribution in [3.8, 4) is 22.3 Å². The predicted molar refractivity (Wildman–Crippen MR) is 327 cm³/mol. The van der Waals surface area contributed by atoms with Crippen molar-refractivity contribution in [1.82, 2.24) is 0 Å². The van der Waals surface area contributed by atoms with Crippen molar-refractivity contribution in [2.75, 3.05) is 9.80 Å². The molecule has 0 radical (unpaired) electrons. The van der Waals surface area contributed by atoms with Crippen molar-refractivity contribution >= 4 is 57.4 Å². The molecule has 12 rings (SSSR count). The monoisotopic (exact) mass is 1000 g/mol. The molecule has 0 saturated heterocycles. The Bertz CT molecular complexity index is 3510. The van der Waals surface area contributed by atoms with Crippen molar-refractivity contribution in [2.24, 2.45) is 0 Å². The van der Waals surface area contributed by atoms with Gasteiger partial charge in [0.1, 0.15) is 5.76 Å². The minimum atomic E-state index is -0.140.